The van der Waals surface area contributed by atoms with Crippen molar-refractivity contribution in [3.8, 4) is 0 Å². The van der Waals surface area contributed by atoms with Crippen LogP contribution in [0.25, 0.3) is 0 Å². The SMILES string of the molecule is CN(CO)C1CC1. The van der Waals surface area contributed by atoms with Gasteiger partial charge in [0.15, 0.2) is 0 Å². The van der Waals surface area contributed by atoms with Crippen LogP contribution in [0.2, 0.25) is 0 Å². The second kappa shape index (κ2) is 1.80. The highest BCUT2D eigenvalue weighted by atomic mass is 16.3. The van der Waals surface area contributed by atoms with E-state index in [1.165, 1.54) is 12.8 Å². The summed E-state index contributed by atoms with van der Waals surface area (Å²) in [6, 6.07) is 0.699. The summed E-state index contributed by atoms with van der Waals surface area (Å²) in [5, 5.41) is 8.47. The Hall–Kier alpha value is -0.0800. The lowest BCUT2D eigenvalue weighted by Crippen LogP contribution is -2.20. The quantitative estimate of drug-likeness (QED) is 0.496. The fraction of sp³-hybridized carbons (Fsp3) is 1.00. The van der Waals surface area contributed by atoms with Crippen molar-refractivity contribution in [1.82, 2.24) is 4.90 Å². The third-order valence-corrected chi connectivity index (χ3v) is 1.39. The van der Waals surface area contributed by atoms with Crippen LogP contribution in [0.15, 0.2) is 0 Å². The van der Waals surface area contributed by atoms with Gasteiger partial charge in [-0.2, -0.15) is 0 Å². The average Bonchev–Trinajstić information content (AvgIpc) is 2.44. The fourth-order valence-corrected chi connectivity index (χ4v) is 0.631. The van der Waals surface area contributed by atoms with Crippen LogP contribution in [0, 0.1) is 0 Å². The van der Waals surface area contributed by atoms with Crippen molar-refractivity contribution in [2.24, 2.45) is 0 Å². The molecule has 0 saturated heterocycles. The Morgan fingerprint density at radius 2 is 2.29 bits per heavy atom. The molecule has 1 rings (SSSR count). The van der Waals surface area contributed by atoms with Crippen molar-refractivity contribution in [3.63, 3.8) is 0 Å². The second-order valence-electron chi connectivity index (χ2n) is 2.13. The van der Waals surface area contributed by atoms with Gasteiger partial charge in [0.05, 0.1) is 6.73 Å². The first-order valence-electron chi connectivity index (χ1n) is 2.65. The Labute approximate surface area is 43.7 Å². The summed E-state index contributed by atoms with van der Waals surface area (Å²) in [6.07, 6.45) is 2.55. The number of hydrogen-bond donors (Lipinski definition) is 1. The zero-order valence-corrected chi connectivity index (χ0v) is 4.59. The lowest BCUT2D eigenvalue weighted by atomic mass is 10.6. The van der Waals surface area contributed by atoms with Crippen molar-refractivity contribution >= 4 is 0 Å². The summed E-state index contributed by atoms with van der Waals surface area (Å²) in [7, 11) is 1.94. The van der Waals surface area contributed by atoms with E-state index in [9.17, 15) is 0 Å². The van der Waals surface area contributed by atoms with Crippen molar-refractivity contribution < 1.29 is 5.11 Å². The smallest absolute Gasteiger partial charge is 0.0956 e. The van der Waals surface area contributed by atoms with Crippen LogP contribution in [0.5, 0.6) is 0 Å². The standard InChI is InChI=1S/C5H11NO/c1-6(4-7)5-2-3-5/h5,7H,2-4H2,1H3. The van der Waals surface area contributed by atoms with Gasteiger partial charge in [0.1, 0.15) is 0 Å². The molecule has 2 nitrogen and oxygen atoms in total. The van der Waals surface area contributed by atoms with Gasteiger partial charge >= 0.3 is 0 Å². The molecule has 0 heterocycles. The topological polar surface area (TPSA) is 23.5 Å². The molecule has 0 bridgehead atoms. The van der Waals surface area contributed by atoms with Crippen LogP contribution in [-0.2, 0) is 0 Å². The summed E-state index contributed by atoms with van der Waals surface area (Å²) in [6.45, 7) is 0.213. The molecule has 0 aromatic heterocycles. The number of rotatable bonds is 2. The molecule has 0 amide bonds. The largest absolute Gasteiger partial charge is 0.381 e. The van der Waals surface area contributed by atoms with E-state index in [4.69, 9.17) is 5.11 Å². The molecule has 0 aliphatic heterocycles. The average molecular weight is 101 g/mol. The van der Waals surface area contributed by atoms with Crippen molar-refractivity contribution in [2.75, 3.05) is 13.8 Å². The lowest BCUT2D eigenvalue weighted by molar-refractivity contribution is 0.126. The number of nitrogens with zero attached hydrogens (tertiary/aromatic N) is 1. The predicted octanol–water partition coefficient (Wildman–Crippen LogP) is 0.0304. The zero-order valence-electron chi connectivity index (χ0n) is 4.59. The minimum absolute atomic E-state index is 0.213. The van der Waals surface area contributed by atoms with Gasteiger partial charge in [-0.15, -0.1) is 0 Å². The highest BCUT2D eigenvalue weighted by Gasteiger charge is 2.24. The van der Waals surface area contributed by atoms with Gasteiger partial charge in [-0.1, -0.05) is 0 Å². The van der Waals surface area contributed by atoms with Gasteiger partial charge in [-0.05, 0) is 19.9 Å². The van der Waals surface area contributed by atoms with Crippen LogP contribution in [-0.4, -0.2) is 29.8 Å². The van der Waals surface area contributed by atoms with E-state index in [-0.39, 0.29) is 6.73 Å². The van der Waals surface area contributed by atoms with Crippen molar-refractivity contribution in [3.05, 3.63) is 0 Å². The van der Waals surface area contributed by atoms with E-state index in [0.717, 1.165) is 0 Å². The molecule has 0 radical (unpaired) electrons. The van der Waals surface area contributed by atoms with Crippen molar-refractivity contribution in [1.29, 1.82) is 0 Å². The monoisotopic (exact) mass is 101 g/mol. The maximum Gasteiger partial charge on any atom is 0.0956 e. The summed E-state index contributed by atoms with van der Waals surface area (Å²) in [4.78, 5) is 1.96. The Morgan fingerprint density at radius 3 is 2.43 bits per heavy atom. The second-order valence-corrected chi connectivity index (χ2v) is 2.13. The van der Waals surface area contributed by atoms with Gasteiger partial charge < -0.3 is 5.11 Å². The summed E-state index contributed by atoms with van der Waals surface area (Å²) >= 11 is 0. The van der Waals surface area contributed by atoms with E-state index < -0.39 is 0 Å². The maximum absolute atomic E-state index is 8.47. The first-order chi connectivity index (χ1) is 3.34. The van der Waals surface area contributed by atoms with Gasteiger partial charge in [-0.25, -0.2) is 0 Å². The highest BCUT2D eigenvalue weighted by molar-refractivity contribution is 4.80. The minimum Gasteiger partial charge on any atom is -0.381 e. The molecule has 1 aliphatic carbocycles. The first kappa shape index (κ1) is 5.06. The van der Waals surface area contributed by atoms with Crippen LogP contribution in [0.1, 0.15) is 12.8 Å². The van der Waals surface area contributed by atoms with E-state index in [0.29, 0.717) is 6.04 Å². The molecule has 0 aromatic carbocycles. The Balaban J connectivity index is 2.10. The molecule has 0 aromatic rings. The molecule has 0 atom stereocenters. The molecular weight excluding hydrogens is 90.1 g/mol. The minimum atomic E-state index is 0.213. The van der Waals surface area contributed by atoms with Gasteiger partial charge in [0, 0.05) is 6.04 Å². The third-order valence-electron chi connectivity index (χ3n) is 1.39. The molecule has 2 heteroatoms. The van der Waals surface area contributed by atoms with Crippen LogP contribution >= 0.6 is 0 Å². The van der Waals surface area contributed by atoms with Gasteiger partial charge in [0.25, 0.3) is 0 Å². The number of hydrogen-bond acceptors (Lipinski definition) is 2. The molecule has 7 heavy (non-hydrogen) atoms. The molecule has 0 unspecified atom stereocenters. The van der Waals surface area contributed by atoms with Crippen LogP contribution in [0.4, 0.5) is 0 Å². The van der Waals surface area contributed by atoms with E-state index in [1.807, 2.05) is 11.9 Å². The number of aliphatic hydroxyl groups is 1. The molecular formula is C5H11NO. The maximum atomic E-state index is 8.47. The molecule has 0 spiro atoms. The summed E-state index contributed by atoms with van der Waals surface area (Å²) in [5.74, 6) is 0. The van der Waals surface area contributed by atoms with Crippen molar-refractivity contribution in [2.45, 2.75) is 18.9 Å². The summed E-state index contributed by atoms with van der Waals surface area (Å²) in [5.41, 5.74) is 0. The van der Waals surface area contributed by atoms with E-state index in [2.05, 4.69) is 0 Å². The van der Waals surface area contributed by atoms with E-state index in [1.54, 1.807) is 0 Å². The fourth-order valence-electron chi connectivity index (χ4n) is 0.631. The molecule has 1 saturated carbocycles. The Kier molecular flexibility index (Phi) is 1.30. The van der Waals surface area contributed by atoms with Gasteiger partial charge in [0.2, 0.25) is 0 Å². The third kappa shape index (κ3) is 1.14. The summed E-state index contributed by atoms with van der Waals surface area (Å²) < 4.78 is 0. The molecule has 1 aliphatic rings. The normalized spacial score (nSPS) is 21.0. The Morgan fingerprint density at radius 1 is 1.71 bits per heavy atom. The predicted molar refractivity (Wildman–Crippen MR) is 27.9 cm³/mol. The Bertz CT molecular complexity index is 61.1. The zero-order chi connectivity index (χ0) is 5.28. The lowest BCUT2D eigenvalue weighted by Gasteiger charge is -2.08. The highest BCUT2D eigenvalue weighted by Crippen LogP contribution is 2.24. The van der Waals surface area contributed by atoms with Crippen LogP contribution < -0.4 is 0 Å². The van der Waals surface area contributed by atoms with E-state index >= 15 is 0 Å². The first-order valence-corrected chi connectivity index (χ1v) is 2.65. The number of aliphatic hydroxyl groups excluding tert-OH is 1. The molecule has 42 valence electrons. The molecule has 1 fully saturated rings. The molecule has 1 N–H and O–H groups in total. The van der Waals surface area contributed by atoms with Crippen LogP contribution in [0.3, 0.4) is 0 Å². The van der Waals surface area contributed by atoms with Gasteiger partial charge in [-0.3, -0.25) is 4.90 Å².